The molecule has 0 aliphatic heterocycles. The largest absolute Gasteiger partial charge is 0.465 e. The molecule has 0 radical (unpaired) electrons. The first-order valence-corrected chi connectivity index (χ1v) is 8.40. The Morgan fingerprint density at radius 3 is 2.72 bits per heavy atom. The van der Waals surface area contributed by atoms with E-state index in [-0.39, 0.29) is 5.56 Å². The van der Waals surface area contributed by atoms with Crippen molar-refractivity contribution < 1.29 is 9.53 Å². The maximum atomic E-state index is 13.0. The minimum absolute atomic E-state index is 0.225. The number of H-pyrrole nitrogens is 1. The first-order valence-electron chi connectivity index (χ1n) is 7.60. The van der Waals surface area contributed by atoms with Crippen LogP contribution in [0.25, 0.3) is 27.5 Å². The lowest BCUT2D eigenvalue weighted by Crippen LogP contribution is -2.20. The van der Waals surface area contributed by atoms with Crippen LogP contribution in [0, 0.1) is 0 Å². The van der Waals surface area contributed by atoms with Crippen LogP contribution in [0.2, 0.25) is 0 Å². The van der Waals surface area contributed by atoms with E-state index in [1.54, 1.807) is 24.4 Å². The molecule has 4 rings (SSSR count). The standard InChI is InChI=1S/C19H13BrN2O3/c1-25-19(24)14-7-6-11(20)10-16(14)22-9-8-13-12-4-2-3-5-15(12)21-17(13)18(22)23/h2-10,21H,1H3. The fourth-order valence-corrected chi connectivity index (χ4v) is 3.37. The van der Waals surface area contributed by atoms with Gasteiger partial charge in [0.15, 0.2) is 0 Å². The minimum atomic E-state index is -0.494. The molecule has 124 valence electrons. The van der Waals surface area contributed by atoms with Crippen molar-refractivity contribution in [1.82, 2.24) is 9.55 Å². The van der Waals surface area contributed by atoms with Crippen LogP contribution in [-0.4, -0.2) is 22.6 Å². The Labute approximate surface area is 151 Å². The van der Waals surface area contributed by atoms with Gasteiger partial charge in [0, 0.05) is 27.0 Å². The molecule has 2 aromatic carbocycles. The van der Waals surface area contributed by atoms with Crippen LogP contribution in [0.4, 0.5) is 0 Å². The average Bonchev–Trinajstić information content (AvgIpc) is 3.01. The van der Waals surface area contributed by atoms with E-state index in [2.05, 4.69) is 20.9 Å². The van der Waals surface area contributed by atoms with Crippen LogP contribution < -0.4 is 5.56 Å². The van der Waals surface area contributed by atoms with Crippen molar-refractivity contribution in [2.45, 2.75) is 0 Å². The highest BCUT2D eigenvalue weighted by Gasteiger charge is 2.17. The van der Waals surface area contributed by atoms with Crippen molar-refractivity contribution in [2.24, 2.45) is 0 Å². The summed E-state index contributed by atoms with van der Waals surface area (Å²) in [5, 5.41) is 1.84. The smallest absolute Gasteiger partial charge is 0.339 e. The zero-order valence-electron chi connectivity index (χ0n) is 13.2. The van der Waals surface area contributed by atoms with E-state index in [1.165, 1.54) is 11.7 Å². The molecule has 0 bridgehead atoms. The van der Waals surface area contributed by atoms with Crippen molar-refractivity contribution in [3.05, 3.63) is 75.1 Å². The highest BCUT2D eigenvalue weighted by Crippen LogP contribution is 2.25. The SMILES string of the molecule is COC(=O)c1ccc(Br)cc1-n1ccc2c([nH]c3ccccc32)c1=O. The lowest BCUT2D eigenvalue weighted by atomic mass is 10.1. The molecular formula is C19H13BrN2O3. The van der Waals surface area contributed by atoms with E-state index in [0.717, 1.165) is 20.8 Å². The summed E-state index contributed by atoms with van der Waals surface area (Å²) in [6, 6.07) is 14.7. The van der Waals surface area contributed by atoms with E-state index in [9.17, 15) is 9.59 Å². The second kappa shape index (κ2) is 5.89. The third kappa shape index (κ3) is 2.46. The normalized spacial score (nSPS) is 11.1. The summed E-state index contributed by atoms with van der Waals surface area (Å²) in [6.45, 7) is 0. The van der Waals surface area contributed by atoms with Gasteiger partial charge in [0.1, 0.15) is 5.52 Å². The molecular weight excluding hydrogens is 384 g/mol. The fourth-order valence-electron chi connectivity index (χ4n) is 3.02. The summed E-state index contributed by atoms with van der Waals surface area (Å²) < 4.78 is 7.05. The molecule has 0 saturated heterocycles. The first kappa shape index (κ1) is 15.7. The molecule has 0 amide bonds. The number of rotatable bonds is 2. The number of nitrogens with one attached hydrogen (secondary N) is 1. The van der Waals surface area contributed by atoms with Crippen LogP contribution in [0.5, 0.6) is 0 Å². The fraction of sp³-hybridized carbons (Fsp3) is 0.0526. The highest BCUT2D eigenvalue weighted by molar-refractivity contribution is 9.10. The Balaban J connectivity index is 2.04. The first-order chi connectivity index (χ1) is 12.1. The van der Waals surface area contributed by atoms with Crippen LogP contribution >= 0.6 is 15.9 Å². The van der Waals surface area contributed by atoms with E-state index < -0.39 is 5.97 Å². The van der Waals surface area contributed by atoms with Gasteiger partial charge in [-0.05, 0) is 30.3 Å². The van der Waals surface area contributed by atoms with Gasteiger partial charge < -0.3 is 9.72 Å². The molecule has 0 fully saturated rings. The summed E-state index contributed by atoms with van der Waals surface area (Å²) in [7, 11) is 1.32. The molecule has 0 aliphatic rings. The van der Waals surface area contributed by atoms with Gasteiger partial charge in [-0.1, -0.05) is 34.1 Å². The molecule has 0 atom stereocenters. The molecule has 4 aromatic rings. The zero-order chi connectivity index (χ0) is 17.6. The monoisotopic (exact) mass is 396 g/mol. The molecule has 25 heavy (non-hydrogen) atoms. The van der Waals surface area contributed by atoms with Crippen molar-refractivity contribution in [2.75, 3.05) is 7.11 Å². The number of esters is 1. The van der Waals surface area contributed by atoms with Crippen molar-refractivity contribution in [1.29, 1.82) is 0 Å². The number of aromatic nitrogens is 2. The van der Waals surface area contributed by atoms with Crippen molar-refractivity contribution >= 4 is 43.7 Å². The molecule has 2 aromatic heterocycles. The molecule has 0 spiro atoms. The van der Waals surface area contributed by atoms with Gasteiger partial charge in [0.25, 0.3) is 5.56 Å². The van der Waals surface area contributed by atoms with E-state index >= 15 is 0 Å². The lowest BCUT2D eigenvalue weighted by Gasteiger charge is -2.11. The molecule has 2 heterocycles. The Hall–Kier alpha value is -2.86. The number of carbonyl (C=O) groups is 1. The number of nitrogens with zero attached hydrogens (tertiary/aromatic N) is 1. The van der Waals surface area contributed by atoms with Crippen LogP contribution in [-0.2, 0) is 4.74 Å². The van der Waals surface area contributed by atoms with Gasteiger partial charge >= 0.3 is 5.97 Å². The van der Waals surface area contributed by atoms with Crippen molar-refractivity contribution in [3.63, 3.8) is 0 Å². The Morgan fingerprint density at radius 1 is 1.12 bits per heavy atom. The van der Waals surface area contributed by atoms with Crippen LogP contribution in [0.15, 0.2) is 64.0 Å². The third-order valence-electron chi connectivity index (χ3n) is 4.19. The Bertz CT molecular complexity index is 1190. The molecule has 0 saturated carbocycles. The number of hydrogen-bond donors (Lipinski definition) is 1. The minimum Gasteiger partial charge on any atom is -0.465 e. The second-order valence-electron chi connectivity index (χ2n) is 5.60. The highest BCUT2D eigenvalue weighted by atomic mass is 79.9. The van der Waals surface area contributed by atoms with Gasteiger partial charge in [-0.2, -0.15) is 0 Å². The Kier molecular flexibility index (Phi) is 3.69. The topological polar surface area (TPSA) is 64.1 Å². The zero-order valence-corrected chi connectivity index (χ0v) is 14.8. The molecule has 1 N–H and O–H groups in total. The molecule has 0 aliphatic carbocycles. The summed E-state index contributed by atoms with van der Waals surface area (Å²) >= 11 is 3.39. The quantitative estimate of drug-likeness (QED) is 0.520. The van der Waals surface area contributed by atoms with Gasteiger partial charge in [0.2, 0.25) is 0 Å². The number of methoxy groups -OCH3 is 1. The second-order valence-corrected chi connectivity index (χ2v) is 6.52. The molecule has 5 nitrogen and oxygen atoms in total. The number of fused-ring (bicyclic) bond motifs is 3. The number of pyridine rings is 1. The van der Waals surface area contributed by atoms with E-state index in [4.69, 9.17) is 4.74 Å². The number of aromatic amines is 1. The molecule has 6 heteroatoms. The van der Waals surface area contributed by atoms with Gasteiger partial charge in [-0.15, -0.1) is 0 Å². The predicted octanol–water partition coefficient (Wildman–Crippen LogP) is 4.02. The summed E-state index contributed by atoms with van der Waals surface area (Å²) in [6.07, 6.45) is 1.68. The number of ether oxygens (including phenoxy) is 1. The maximum Gasteiger partial charge on any atom is 0.339 e. The number of benzene rings is 2. The average molecular weight is 397 g/mol. The maximum absolute atomic E-state index is 13.0. The lowest BCUT2D eigenvalue weighted by molar-refractivity contribution is 0.0600. The summed E-state index contributed by atoms with van der Waals surface area (Å²) in [5.74, 6) is -0.494. The number of halogens is 1. The summed E-state index contributed by atoms with van der Waals surface area (Å²) in [4.78, 5) is 28.3. The van der Waals surface area contributed by atoms with E-state index in [1.807, 2.05) is 30.3 Å². The van der Waals surface area contributed by atoms with Gasteiger partial charge in [-0.25, -0.2) is 4.79 Å². The van der Waals surface area contributed by atoms with Crippen LogP contribution in [0.3, 0.4) is 0 Å². The number of para-hydroxylation sites is 1. The van der Waals surface area contributed by atoms with Gasteiger partial charge in [0.05, 0.1) is 18.4 Å². The molecule has 0 unspecified atom stereocenters. The number of carbonyl (C=O) groups excluding carboxylic acids is 1. The van der Waals surface area contributed by atoms with Gasteiger partial charge in [-0.3, -0.25) is 9.36 Å². The predicted molar refractivity (Wildman–Crippen MR) is 100 cm³/mol. The Morgan fingerprint density at radius 2 is 1.92 bits per heavy atom. The van der Waals surface area contributed by atoms with Crippen molar-refractivity contribution in [3.8, 4) is 5.69 Å². The number of hydrogen-bond acceptors (Lipinski definition) is 3. The van der Waals surface area contributed by atoms with Crippen LogP contribution in [0.1, 0.15) is 10.4 Å². The van der Waals surface area contributed by atoms with E-state index in [0.29, 0.717) is 16.8 Å². The third-order valence-corrected chi connectivity index (χ3v) is 4.69. The summed E-state index contributed by atoms with van der Waals surface area (Å²) in [5.41, 5.74) is 1.96.